The summed E-state index contributed by atoms with van der Waals surface area (Å²) in [6, 6.07) is 9.19. The van der Waals surface area contributed by atoms with E-state index in [1.165, 1.54) is 6.42 Å². The fraction of sp³-hybridized carbons (Fsp3) is 0.556. The first kappa shape index (κ1) is 17.3. The van der Waals surface area contributed by atoms with Crippen LogP contribution >= 0.6 is 0 Å². The molecule has 5 nitrogen and oxygen atoms in total. The van der Waals surface area contributed by atoms with Crippen LogP contribution in [-0.4, -0.2) is 31.1 Å². The SMILES string of the molecule is C[C@@H]1[C@H](C)CCC[C@H]1NC(=O)COC(=O)COc1ccccc1. The number of amides is 1. The van der Waals surface area contributed by atoms with Crippen molar-refractivity contribution >= 4 is 11.9 Å². The van der Waals surface area contributed by atoms with Gasteiger partial charge in [-0.15, -0.1) is 0 Å². The Morgan fingerprint density at radius 2 is 1.87 bits per heavy atom. The van der Waals surface area contributed by atoms with E-state index < -0.39 is 5.97 Å². The average molecular weight is 319 g/mol. The largest absolute Gasteiger partial charge is 0.482 e. The van der Waals surface area contributed by atoms with Gasteiger partial charge in [0.25, 0.3) is 5.91 Å². The normalized spacial score (nSPS) is 23.8. The highest BCUT2D eigenvalue weighted by atomic mass is 16.6. The van der Waals surface area contributed by atoms with Gasteiger partial charge in [0.15, 0.2) is 13.2 Å². The number of carbonyl (C=O) groups excluding carboxylic acids is 2. The Labute approximate surface area is 137 Å². The van der Waals surface area contributed by atoms with Gasteiger partial charge < -0.3 is 14.8 Å². The number of para-hydroxylation sites is 1. The maximum Gasteiger partial charge on any atom is 0.344 e. The zero-order valence-corrected chi connectivity index (χ0v) is 13.8. The van der Waals surface area contributed by atoms with E-state index in [9.17, 15) is 9.59 Å². The van der Waals surface area contributed by atoms with Crippen molar-refractivity contribution in [2.75, 3.05) is 13.2 Å². The van der Waals surface area contributed by atoms with E-state index in [-0.39, 0.29) is 25.2 Å². The van der Waals surface area contributed by atoms with Crippen LogP contribution in [0.15, 0.2) is 30.3 Å². The minimum atomic E-state index is -0.547. The first-order valence-electron chi connectivity index (χ1n) is 8.19. The summed E-state index contributed by atoms with van der Waals surface area (Å²) in [6.45, 7) is 3.92. The van der Waals surface area contributed by atoms with Crippen LogP contribution in [0.25, 0.3) is 0 Å². The smallest absolute Gasteiger partial charge is 0.344 e. The fourth-order valence-electron chi connectivity index (χ4n) is 2.88. The van der Waals surface area contributed by atoms with E-state index in [1.807, 2.05) is 18.2 Å². The second kappa shape index (κ2) is 8.56. The molecule has 1 aliphatic rings. The van der Waals surface area contributed by atoms with Crippen molar-refractivity contribution in [3.05, 3.63) is 30.3 Å². The number of carbonyl (C=O) groups is 2. The van der Waals surface area contributed by atoms with E-state index in [0.29, 0.717) is 17.6 Å². The summed E-state index contributed by atoms with van der Waals surface area (Å²) < 4.78 is 10.2. The first-order chi connectivity index (χ1) is 11.1. The third-order valence-corrected chi connectivity index (χ3v) is 4.52. The number of hydrogen-bond donors (Lipinski definition) is 1. The van der Waals surface area contributed by atoms with Crippen molar-refractivity contribution in [3.8, 4) is 5.75 Å². The Kier molecular flexibility index (Phi) is 6.44. The molecule has 1 saturated carbocycles. The van der Waals surface area contributed by atoms with E-state index >= 15 is 0 Å². The van der Waals surface area contributed by atoms with Gasteiger partial charge in [-0.3, -0.25) is 4.79 Å². The van der Waals surface area contributed by atoms with Crippen molar-refractivity contribution in [2.24, 2.45) is 11.8 Å². The highest BCUT2D eigenvalue weighted by molar-refractivity contribution is 5.81. The lowest BCUT2D eigenvalue weighted by Gasteiger charge is -2.34. The Morgan fingerprint density at radius 3 is 2.61 bits per heavy atom. The lowest BCUT2D eigenvalue weighted by atomic mass is 9.78. The van der Waals surface area contributed by atoms with Gasteiger partial charge in [0, 0.05) is 6.04 Å². The third-order valence-electron chi connectivity index (χ3n) is 4.52. The van der Waals surface area contributed by atoms with Gasteiger partial charge in [-0.25, -0.2) is 4.79 Å². The molecule has 1 N–H and O–H groups in total. The zero-order valence-electron chi connectivity index (χ0n) is 13.8. The van der Waals surface area contributed by atoms with Gasteiger partial charge in [0.1, 0.15) is 5.75 Å². The number of rotatable bonds is 6. The van der Waals surface area contributed by atoms with Crippen LogP contribution in [0.1, 0.15) is 33.1 Å². The second-order valence-electron chi connectivity index (χ2n) is 6.20. The molecule has 1 aliphatic carbocycles. The van der Waals surface area contributed by atoms with E-state index in [4.69, 9.17) is 9.47 Å². The number of benzene rings is 1. The highest BCUT2D eigenvalue weighted by Gasteiger charge is 2.28. The molecule has 1 aromatic carbocycles. The molecule has 0 bridgehead atoms. The predicted octanol–water partition coefficient (Wildman–Crippen LogP) is 2.55. The van der Waals surface area contributed by atoms with Crippen molar-refractivity contribution in [1.29, 1.82) is 0 Å². The minimum absolute atomic E-state index is 0.172. The molecule has 0 saturated heterocycles. The number of ether oxygens (including phenoxy) is 2. The Balaban J connectivity index is 1.66. The number of esters is 1. The molecule has 1 aromatic rings. The average Bonchev–Trinajstić information content (AvgIpc) is 2.56. The Hall–Kier alpha value is -2.04. The minimum Gasteiger partial charge on any atom is -0.482 e. The molecule has 1 fully saturated rings. The van der Waals surface area contributed by atoms with Crippen LogP contribution in [0.3, 0.4) is 0 Å². The molecule has 1 amide bonds. The summed E-state index contributed by atoms with van der Waals surface area (Å²) in [4.78, 5) is 23.5. The topological polar surface area (TPSA) is 64.6 Å². The molecule has 2 rings (SSSR count). The van der Waals surface area contributed by atoms with Gasteiger partial charge in [0.2, 0.25) is 0 Å². The Morgan fingerprint density at radius 1 is 1.13 bits per heavy atom. The quantitative estimate of drug-likeness (QED) is 0.819. The fourth-order valence-corrected chi connectivity index (χ4v) is 2.88. The van der Waals surface area contributed by atoms with Gasteiger partial charge in [-0.05, 0) is 30.4 Å². The molecule has 0 spiro atoms. The molecule has 0 heterocycles. The van der Waals surface area contributed by atoms with Crippen LogP contribution in [0.5, 0.6) is 5.75 Å². The standard InChI is InChI=1S/C18H25NO4/c1-13-7-6-10-16(14(13)2)19-17(20)11-23-18(21)12-22-15-8-4-3-5-9-15/h3-5,8-9,13-14,16H,6-7,10-12H2,1-2H3,(H,19,20)/t13-,14-,16-/m1/s1. The van der Waals surface area contributed by atoms with Gasteiger partial charge in [0.05, 0.1) is 0 Å². The first-order valence-corrected chi connectivity index (χ1v) is 8.19. The van der Waals surface area contributed by atoms with Gasteiger partial charge >= 0.3 is 5.97 Å². The van der Waals surface area contributed by atoms with E-state index in [0.717, 1.165) is 12.8 Å². The van der Waals surface area contributed by atoms with Gasteiger partial charge in [-0.1, -0.05) is 44.9 Å². The van der Waals surface area contributed by atoms with Crippen LogP contribution in [0.4, 0.5) is 0 Å². The maximum absolute atomic E-state index is 11.9. The molecule has 126 valence electrons. The molecular formula is C18H25NO4. The molecular weight excluding hydrogens is 294 g/mol. The van der Waals surface area contributed by atoms with Crippen LogP contribution < -0.4 is 10.1 Å². The number of nitrogens with one attached hydrogen (secondary N) is 1. The number of hydrogen-bond acceptors (Lipinski definition) is 4. The zero-order chi connectivity index (χ0) is 16.7. The summed E-state index contributed by atoms with van der Waals surface area (Å²) in [5.74, 6) is 0.859. The maximum atomic E-state index is 11.9. The van der Waals surface area contributed by atoms with E-state index in [2.05, 4.69) is 19.2 Å². The molecule has 0 aliphatic heterocycles. The van der Waals surface area contributed by atoms with Crippen molar-refractivity contribution in [2.45, 2.75) is 39.2 Å². The molecule has 3 atom stereocenters. The van der Waals surface area contributed by atoms with Crippen LogP contribution in [0.2, 0.25) is 0 Å². The summed E-state index contributed by atoms with van der Waals surface area (Å²) in [6.07, 6.45) is 3.32. The monoisotopic (exact) mass is 319 g/mol. The van der Waals surface area contributed by atoms with Gasteiger partial charge in [-0.2, -0.15) is 0 Å². The summed E-state index contributed by atoms with van der Waals surface area (Å²) >= 11 is 0. The molecule has 0 aromatic heterocycles. The predicted molar refractivity (Wildman–Crippen MR) is 87.0 cm³/mol. The van der Waals surface area contributed by atoms with Crippen molar-refractivity contribution in [3.63, 3.8) is 0 Å². The van der Waals surface area contributed by atoms with Crippen molar-refractivity contribution in [1.82, 2.24) is 5.32 Å². The van der Waals surface area contributed by atoms with Crippen molar-refractivity contribution < 1.29 is 19.1 Å². The molecule has 23 heavy (non-hydrogen) atoms. The Bertz CT molecular complexity index is 517. The summed E-state index contributed by atoms with van der Waals surface area (Å²) in [7, 11) is 0. The third kappa shape index (κ3) is 5.58. The van der Waals surface area contributed by atoms with E-state index in [1.54, 1.807) is 12.1 Å². The lowest BCUT2D eigenvalue weighted by molar-refractivity contribution is -0.150. The molecule has 5 heteroatoms. The summed E-state index contributed by atoms with van der Waals surface area (Å²) in [5.41, 5.74) is 0. The second-order valence-corrected chi connectivity index (χ2v) is 6.20. The summed E-state index contributed by atoms with van der Waals surface area (Å²) in [5, 5.41) is 2.97. The highest BCUT2D eigenvalue weighted by Crippen LogP contribution is 2.29. The van der Waals surface area contributed by atoms with Crippen LogP contribution in [-0.2, 0) is 14.3 Å². The molecule has 0 unspecified atom stereocenters. The molecule has 0 radical (unpaired) electrons. The van der Waals surface area contributed by atoms with Crippen LogP contribution in [0, 0.1) is 11.8 Å². The lowest BCUT2D eigenvalue weighted by Crippen LogP contribution is -2.45.